The van der Waals surface area contributed by atoms with Gasteiger partial charge in [0.15, 0.2) is 5.78 Å². The lowest BCUT2D eigenvalue weighted by Crippen LogP contribution is -2.36. The smallest absolute Gasteiger partial charge is 0.204 e. The second kappa shape index (κ2) is 21.9. The number of ketones is 1. The van der Waals surface area contributed by atoms with Gasteiger partial charge in [-0.3, -0.25) is 14.6 Å². The van der Waals surface area contributed by atoms with Crippen molar-refractivity contribution in [2.45, 2.75) is 79.7 Å². The Morgan fingerprint density at radius 3 is 1.95 bits per heavy atom. The third-order valence-electron chi connectivity index (χ3n) is 5.60. The fourth-order valence-corrected chi connectivity index (χ4v) is 4.23. The highest BCUT2D eigenvalue weighted by atomic mass is 35.5. The molecule has 5 nitrogen and oxygen atoms in total. The van der Waals surface area contributed by atoms with Crippen LogP contribution in [0.15, 0.2) is 73.1 Å². The molecule has 1 amide bonds. The van der Waals surface area contributed by atoms with E-state index in [0.29, 0.717) is 11.6 Å². The lowest BCUT2D eigenvalue weighted by Gasteiger charge is -2.34. The van der Waals surface area contributed by atoms with Crippen molar-refractivity contribution in [1.29, 1.82) is 0 Å². The highest BCUT2D eigenvalue weighted by Gasteiger charge is 2.17. The van der Waals surface area contributed by atoms with Crippen molar-refractivity contribution >= 4 is 29.5 Å². The lowest BCUT2D eigenvalue weighted by atomic mass is 10.0. The largest absolute Gasteiger partial charge is 0.372 e. The van der Waals surface area contributed by atoms with Crippen molar-refractivity contribution in [1.82, 2.24) is 4.98 Å². The number of anilines is 1. The van der Waals surface area contributed by atoms with Crippen molar-refractivity contribution in [3.05, 3.63) is 83.6 Å². The van der Waals surface area contributed by atoms with Gasteiger partial charge >= 0.3 is 0 Å². The number of carbonyl (C=O) groups is 2. The van der Waals surface area contributed by atoms with Crippen molar-refractivity contribution in [2.75, 3.05) is 11.4 Å². The highest BCUT2D eigenvalue weighted by Crippen LogP contribution is 2.30. The maximum atomic E-state index is 10.6. The molecule has 1 heterocycles. The quantitative estimate of drug-likeness (QED) is 0.206. The van der Waals surface area contributed by atoms with Crippen LogP contribution in [-0.2, 0) is 4.79 Å². The van der Waals surface area contributed by atoms with Gasteiger partial charge in [-0.25, -0.2) is 0 Å². The van der Waals surface area contributed by atoms with Gasteiger partial charge in [-0.05, 0) is 62.1 Å². The molecule has 0 spiro atoms. The first kappa shape index (κ1) is 34.8. The zero-order valence-corrected chi connectivity index (χ0v) is 24.7. The first-order chi connectivity index (χ1) is 18.4. The van der Waals surface area contributed by atoms with Crippen molar-refractivity contribution in [3.8, 4) is 11.1 Å². The molecule has 0 atom stereocenters. The van der Waals surface area contributed by atoms with E-state index in [4.69, 9.17) is 16.4 Å². The summed E-state index contributed by atoms with van der Waals surface area (Å²) in [4.78, 5) is 25.6. The molecule has 0 saturated heterocycles. The van der Waals surface area contributed by atoms with E-state index in [2.05, 4.69) is 66.7 Å². The Labute approximate surface area is 235 Å². The average Bonchev–Trinajstić information content (AvgIpc) is 2.94. The number of halogens is 1. The fourth-order valence-electron chi connectivity index (χ4n) is 3.98. The monoisotopic (exact) mass is 539 g/mol. The van der Waals surface area contributed by atoms with Crippen LogP contribution < -0.4 is 10.6 Å². The van der Waals surface area contributed by atoms with Crippen LogP contribution >= 0.6 is 11.6 Å². The third kappa shape index (κ3) is 12.9. The summed E-state index contributed by atoms with van der Waals surface area (Å²) < 4.78 is 0. The molecule has 2 N–H and O–H groups in total. The van der Waals surface area contributed by atoms with Gasteiger partial charge in [0, 0.05) is 46.8 Å². The minimum absolute atomic E-state index is 0.0584. The predicted octanol–water partition coefficient (Wildman–Crippen LogP) is 8.60. The minimum Gasteiger partial charge on any atom is -0.372 e. The van der Waals surface area contributed by atoms with E-state index < -0.39 is 0 Å². The van der Waals surface area contributed by atoms with E-state index in [-0.39, 0.29) is 12.2 Å². The van der Waals surface area contributed by atoms with Gasteiger partial charge in [0.05, 0.1) is 0 Å². The number of aromatic nitrogens is 1. The topological polar surface area (TPSA) is 76.3 Å². The summed E-state index contributed by atoms with van der Waals surface area (Å²) in [5, 5.41) is 0.811. The van der Waals surface area contributed by atoms with Gasteiger partial charge in [0.25, 0.3) is 0 Å². The maximum absolute atomic E-state index is 10.6. The Balaban J connectivity index is 0.000000807. The van der Waals surface area contributed by atoms with Crippen LogP contribution in [0.1, 0.15) is 84.0 Å². The number of benzene rings is 2. The summed E-state index contributed by atoms with van der Waals surface area (Å²) in [5.74, 6) is 0.0584. The minimum atomic E-state index is 0.0584. The Morgan fingerprint density at radius 2 is 1.53 bits per heavy atom. The molecular formula is C32H46ClN3O2. The molecule has 3 aromatic rings. The summed E-state index contributed by atoms with van der Waals surface area (Å²) >= 11 is 6.33. The molecule has 0 saturated carbocycles. The van der Waals surface area contributed by atoms with Crippen LogP contribution in [0.2, 0.25) is 5.02 Å². The van der Waals surface area contributed by atoms with Gasteiger partial charge < -0.3 is 10.6 Å². The molecule has 0 unspecified atom stereocenters. The second-order valence-electron chi connectivity index (χ2n) is 8.39. The molecule has 0 bridgehead atoms. The number of rotatable bonds is 10. The van der Waals surface area contributed by atoms with E-state index in [1.807, 2.05) is 32.0 Å². The summed E-state index contributed by atoms with van der Waals surface area (Å²) in [6, 6.07) is 21.1. The summed E-state index contributed by atoms with van der Waals surface area (Å²) in [6.07, 6.45) is 9.64. The first-order valence-electron chi connectivity index (χ1n) is 13.6. The van der Waals surface area contributed by atoms with Crippen LogP contribution in [0.3, 0.4) is 0 Å². The summed E-state index contributed by atoms with van der Waals surface area (Å²) in [7, 11) is 0. The molecule has 0 aliphatic rings. The number of hydrogen-bond acceptors (Lipinski definition) is 4. The van der Waals surface area contributed by atoms with Crippen LogP contribution in [0.5, 0.6) is 0 Å². The van der Waals surface area contributed by atoms with Crippen LogP contribution in [-0.4, -0.2) is 29.8 Å². The van der Waals surface area contributed by atoms with E-state index in [9.17, 15) is 4.79 Å². The van der Waals surface area contributed by atoms with Crippen molar-refractivity contribution in [2.24, 2.45) is 5.73 Å². The zero-order valence-electron chi connectivity index (χ0n) is 24.0. The van der Waals surface area contributed by atoms with Gasteiger partial charge in [0.2, 0.25) is 6.41 Å². The number of pyridine rings is 1. The van der Waals surface area contributed by atoms with E-state index >= 15 is 0 Å². The molecule has 0 fully saturated rings. The molecule has 0 radical (unpaired) electrons. The fraction of sp³-hybridized carbons (Fsp3) is 0.406. The molecule has 38 heavy (non-hydrogen) atoms. The second-order valence-corrected chi connectivity index (χ2v) is 8.79. The number of nitrogens with two attached hydrogens (primary N) is 1. The number of nitrogens with zero attached hydrogens (tertiary/aromatic N) is 2. The SMILES string of the molecule is CC.CC(=O)c1cccnc1.CCCC(CCC)N(CCC)c1ccc(-c2ccccc2Cl)cc1.NC=O. The first-order valence-corrected chi connectivity index (χ1v) is 14.0. The number of Topliss-reactive ketones (excluding diaryl/α,β-unsaturated/α-hetero) is 1. The average molecular weight is 540 g/mol. The standard InChI is InChI=1S/C22H30ClN.C7H7NO.C2H6.CH3NO/c1-4-9-19(10-5-2)24(17-6-3)20-15-13-18(14-16-20)21-11-7-8-12-22(21)23;1-6(9)7-3-2-4-8-5-7;1-2;2-1-3/h7-8,11-16,19H,4-6,9-10,17H2,1-3H3;2-5H,1H3;1-2H3;1H,(H2,2,3). The summed E-state index contributed by atoms with van der Waals surface area (Å²) in [5.41, 5.74) is 8.45. The van der Waals surface area contributed by atoms with Gasteiger partial charge in [-0.2, -0.15) is 0 Å². The van der Waals surface area contributed by atoms with Crippen molar-refractivity contribution < 1.29 is 9.59 Å². The Kier molecular flexibility index (Phi) is 20.0. The molecular weight excluding hydrogens is 494 g/mol. The molecule has 6 heteroatoms. The number of primary amides is 1. The molecule has 2 aromatic carbocycles. The van der Waals surface area contributed by atoms with Crippen LogP contribution in [0.4, 0.5) is 5.69 Å². The zero-order chi connectivity index (χ0) is 28.8. The van der Waals surface area contributed by atoms with Gasteiger partial charge in [0.1, 0.15) is 0 Å². The highest BCUT2D eigenvalue weighted by molar-refractivity contribution is 6.33. The Bertz CT molecular complexity index is 1000. The van der Waals surface area contributed by atoms with E-state index in [1.165, 1.54) is 50.3 Å². The number of carbonyl (C=O) groups excluding carboxylic acids is 2. The molecule has 3 rings (SSSR count). The van der Waals surface area contributed by atoms with Gasteiger partial charge in [-0.1, -0.05) is 89.4 Å². The Morgan fingerprint density at radius 1 is 0.947 bits per heavy atom. The van der Waals surface area contributed by atoms with Crippen molar-refractivity contribution in [3.63, 3.8) is 0 Å². The van der Waals surface area contributed by atoms with E-state index in [0.717, 1.165) is 17.1 Å². The molecule has 0 aliphatic heterocycles. The lowest BCUT2D eigenvalue weighted by molar-refractivity contribution is -0.106. The predicted molar refractivity (Wildman–Crippen MR) is 164 cm³/mol. The van der Waals surface area contributed by atoms with E-state index in [1.54, 1.807) is 24.5 Å². The molecule has 208 valence electrons. The number of amides is 1. The molecule has 0 aliphatic carbocycles. The third-order valence-corrected chi connectivity index (χ3v) is 5.93. The normalized spacial score (nSPS) is 9.58. The molecule has 1 aromatic heterocycles. The van der Waals surface area contributed by atoms with Crippen LogP contribution in [0, 0.1) is 0 Å². The Hall–Kier alpha value is -3.18. The van der Waals surface area contributed by atoms with Crippen LogP contribution in [0.25, 0.3) is 11.1 Å². The summed E-state index contributed by atoms with van der Waals surface area (Å²) in [6.45, 7) is 13.5. The van der Waals surface area contributed by atoms with Gasteiger partial charge in [-0.15, -0.1) is 0 Å². The number of hydrogen-bond donors (Lipinski definition) is 1. The maximum Gasteiger partial charge on any atom is 0.204 e.